The first-order valence-corrected chi connectivity index (χ1v) is 8.29. The molecule has 0 aromatic heterocycles. The highest BCUT2D eigenvalue weighted by molar-refractivity contribution is 6.31. The van der Waals surface area contributed by atoms with Gasteiger partial charge in [-0.3, -0.25) is 4.79 Å². The molecule has 2 aliphatic rings. The minimum atomic E-state index is 0.126. The average Bonchev–Trinajstić information content (AvgIpc) is 3.10. The molecular formula is C17H23ClN2O. The van der Waals surface area contributed by atoms with Crippen LogP contribution in [0.15, 0.2) is 18.2 Å². The molecule has 1 aliphatic heterocycles. The van der Waals surface area contributed by atoms with E-state index in [0.29, 0.717) is 17.0 Å². The number of carbonyl (C=O) groups excluding carboxylic acids is 1. The number of nitrogens with zero attached hydrogens (tertiary/aromatic N) is 1. The van der Waals surface area contributed by atoms with E-state index in [2.05, 4.69) is 5.32 Å². The van der Waals surface area contributed by atoms with Gasteiger partial charge in [0.25, 0.3) is 5.91 Å². The van der Waals surface area contributed by atoms with Crippen LogP contribution in [0.25, 0.3) is 0 Å². The first-order valence-electron chi connectivity index (χ1n) is 7.91. The van der Waals surface area contributed by atoms with Crippen molar-refractivity contribution in [1.82, 2.24) is 10.2 Å². The zero-order chi connectivity index (χ0) is 14.8. The molecule has 1 aromatic rings. The quantitative estimate of drug-likeness (QED) is 0.905. The third-order valence-electron chi connectivity index (χ3n) is 4.35. The van der Waals surface area contributed by atoms with E-state index in [1.807, 2.05) is 24.0 Å². The SMILES string of the molecule is Cc1cc(Cl)cc(C(=O)N(CC2CC2)CC2CCCN2)c1. The van der Waals surface area contributed by atoms with E-state index in [9.17, 15) is 4.79 Å². The van der Waals surface area contributed by atoms with Crippen LogP contribution in [0.2, 0.25) is 5.02 Å². The fraction of sp³-hybridized carbons (Fsp3) is 0.588. The molecule has 1 N–H and O–H groups in total. The number of amides is 1. The van der Waals surface area contributed by atoms with Crippen LogP contribution in [0.4, 0.5) is 0 Å². The third kappa shape index (κ3) is 3.98. The van der Waals surface area contributed by atoms with E-state index >= 15 is 0 Å². The van der Waals surface area contributed by atoms with Crippen LogP contribution in [0.5, 0.6) is 0 Å². The lowest BCUT2D eigenvalue weighted by Crippen LogP contribution is -2.42. The minimum Gasteiger partial charge on any atom is -0.337 e. The first-order chi connectivity index (χ1) is 10.1. The van der Waals surface area contributed by atoms with Gasteiger partial charge in [-0.05, 0) is 68.8 Å². The highest BCUT2D eigenvalue weighted by Crippen LogP contribution is 2.30. The van der Waals surface area contributed by atoms with Gasteiger partial charge in [-0.15, -0.1) is 0 Å². The molecule has 1 atom stereocenters. The molecular weight excluding hydrogens is 284 g/mol. The van der Waals surface area contributed by atoms with Crippen LogP contribution in [0.1, 0.15) is 41.6 Å². The van der Waals surface area contributed by atoms with Crippen LogP contribution in [0.3, 0.4) is 0 Å². The van der Waals surface area contributed by atoms with E-state index in [-0.39, 0.29) is 5.91 Å². The zero-order valence-electron chi connectivity index (χ0n) is 12.6. The summed E-state index contributed by atoms with van der Waals surface area (Å²) in [4.78, 5) is 14.9. The Hall–Kier alpha value is -1.06. The summed E-state index contributed by atoms with van der Waals surface area (Å²) in [5.41, 5.74) is 1.76. The van der Waals surface area contributed by atoms with Crippen LogP contribution >= 0.6 is 11.6 Å². The van der Waals surface area contributed by atoms with E-state index in [1.165, 1.54) is 25.7 Å². The van der Waals surface area contributed by atoms with Crippen LogP contribution in [0, 0.1) is 12.8 Å². The van der Waals surface area contributed by atoms with Crippen molar-refractivity contribution < 1.29 is 4.79 Å². The lowest BCUT2D eigenvalue weighted by molar-refractivity contribution is 0.0733. The Morgan fingerprint density at radius 1 is 1.29 bits per heavy atom. The summed E-state index contributed by atoms with van der Waals surface area (Å²) in [6, 6.07) is 6.07. The van der Waals surface area contributed by atoms with Gasteiger partial charge in [0.2, 0.25) is 0 Å². The van der Waals surface area contributed by atoms with Gasteiger partial charge < -0.3 is 10.2 Å². The molecule has 1 aliphatic carbocycles. The molecule has 0 radical (unpaired) electrons. The van der Waals surface area contributed by atoms with Crippen LogP contribution < -0.4 is 5.32 Å². The van der Waals surface area contributed by atoms with Gasteiger partial charge in [-0.25, -0.2) is 0 Å². The van der Waals surface area contributed by atoms with E-state index < -0.39 is 0 Å². The topological polar surface area (TPSA) is 32.3 Å². The monoisotopic (exact) mass is 306 g/mol. The number of aryl methyl sites for hydroxylation is 1. The van der Waals surface area contributed by atoms with Crippen molar-refractivity contribution in [3.05, 3.63) is 34.3 Å². The number of rotatable bonds is 5. The smallest absolute Gasteiger partial charge is 0.253 e. The second-order valence-corrected chi connectivity index (χ2v) is 6.90. The Morgan fingerprint density at radius 3 is 2.71 bits per heavy atom. The minimum absolute atomic E-state index is 0.126. The summed E-state index contributed by atoms with van der Waals surface area (Å²) in [6.07, 6.45) is 4.91. The normalized spacial score (nSPS) is 21.5. The molecule has 0 spiro atoms. The molecule has 1 heterocycles. The fourth-order valence-electron chi connectivity index (χ4n) is 3.07. The second kappa shape index (κ2) is 6.37. The predicted molar refractivity (Wildman–Crippen MR) is 85.8 cm³/mol. The number of halogens is 1. The summed E-state index contributed by atoms with van der Waals surface area (Å²) in [7, 11) is 0. The van der Waals surface area contributed by atoms with Gasteiger partial charge in [0.1, 0.15) is 0 Å². The number of hydrogen-bond acceptors (Lipinski definition) is 2. The molecule has 4 heteroatoms. The van der Waals surface area contributed by atoms with Gasteiger partial charge in [-0.1, -0.05) is 11.6 Å². The van der Waals surface area contributed by atoms with Crippen molar-refractivity contribution >= 4 is 17.5 Å². The van der Waals surface area contributed by atoms with Crippen LogP contribution in [-0.4, -0.2) is 36.5 Å². The van der Waals surface area contributed by atoms with Gasteiger partial charge in [0.05, 0.1) is 0 Å². The van der Waals surface area contributed by atoms with Gasteiger partial charge in [0, 0.05) is 29.7 Å². The third-order valence-corrected chi connectivity index (χ3v) is 4.57. The lowest BCUT2D eigenvalue weighted by Gasteiger charge is -2.26. The molecule has 1 saturated heterocycles. The molecule has 3 rings (SSSR count). The maximum absolute atomic E-state index is 12.8. The van der Waals surface area contributed by atoms with Gasteiger partial charge in [0.15, 0.2) is 0 Å². The summed E-state index contributed by atoms with van der Waals surface area (Å²) in [5.74, 6) is 0.830. The summed E-state index contributed by atoms with van der Waals surface area (Å²) >= 11 is 6.10. The standard InChI is InChI=1S/C17H23ClN2O/c1-12-7-14(9-15(18)8-12)17(21)20(10-13-4-5-13)11-16-3-2-6-19-16/h7-9,13,16,19H,2-6,10-11H2,1H3. The molecule has 0 bridgehead atoms. The predicted octanol–water partition coefficient (Wildman–Crippen LogP) is 3.25. The lowest BCUT2D eigenvalue weighted by atomic mass is 10.1. The Balaban J connectivity index is 1.74. The summed E-state index contributed by atoms with van der Waals surface area (Å²) in [6.45, 7) is 4.77. The van der Waals surface area contributed by atoms with E-state index in [1.54, 1.807) is 6.07 Å². The van der Waals surface area contributed by atoms with Crippen molar-refractivity contribution in [3.63, 3.8) is 0 Å². The van der Waals surface area contributed by atoms with Crippen molar-refractivity contribution in [2.24, 2.45) is 5.92 Å². The maximum Gasteiger partial charge on any atom is 0.253 e. The molecule has 3 nitrogen and oxygen atoms in total. The zero-order valence-corrected chi connectivity index (χ0v) is 13.3. The van der Waals surface area contributed by atoms with Crippen LogP contribution in [-0.2, 0) is 0 Å². The summed E-state index contributed by atoms with van der Waals surface area (Å²) in [5, 5.41) is 4.13. The Morgan fingerprint density at radius 2 is 2.10 bits per heavy atom. The van der Waals surface area contributed by atoms with Crippen molar-refractivity contribution in [1.29, 1.82) is 0 Å². The van der Waals surface area contributed by atoms with Crippen molar-refractivity contribution in [2.45, 2.75) is 38.6 Å². The maximum atomic E-state index is 12.8. The largest absolute Gasteiger partial charge is 0.337 e. The summed E-state index contributed by atoms with van der Waals surface area (Å²) < 4.78 is 0. The van der Waals surface area contributed by atoms with Gasteiger partial charge >= 0.3 is 0 Å². The molecule has 21 heavy (non-hydrogen) atoms. The number of nitrogens with one attached hydrogen (secondary N) is 1. The molecule has 114 valence electrons. The Bertz CT molecular complexity index is 501. The van der Waals surface area contributed by atoms with Crippen molar-refractivity contribution in [2.75, 3.05) is 19.6 Å². The molecule has 1 unspecified atom stereocenters. The number of hydrogen-bond donors (Lipinski definition) is 1. The molecule has 2 fully saturated rings. The number of carbonyl (C=O) groups is 1. The Labute approximate surface area is 131 Å². The second-order valence-electron chi connectivity index (χ2n) is 6.46. The van der Waals surface area contributed by atoms with Crippen molar-refractivity contribution in [3.8, 4) is 0 Å². The van der Waals surface area contributed by atoms with E-state index in [4.69, 9.17) is 11.6 Å². The highest BCUT2D eigenvalue weighted by Gasteiger charge is 2.29. The molecule has 1 saturated carbocycles. The molecule has 1 amide bonds. The Kier molecular flexibility index (Phi) is 4.51. The van der Waals surface area contributed by atoms with Gasteiger partial charge in [-0.2, -0.15) is 0 Å². The molecule has 1 aromatic carbocycles. The van der Waals surface area contributed by atoms with E-state index in [0.717, 1.165) is 30.8 Å². The fourth-order valence-corrected chi connectivity index (χ4v) is 3.36. The number of benzene rings is 1. The highest BCUT2D eigenvalue weighted by atomic mass is 35.5. The first kappa shape index (κ1) is 14.9. The average molecular weight is 307 g/mol.